The molecule has 0 bridgehead atoms. The molecule has 0 radical (unpaired) electrons. The molecule has 0 aliphatic heterocycles. The first-order valence-corrected chi connectivity index (χ1v) is 7.60. The molecule has 0 saturated carbocycles. The van der Waals surface area contributed by atoms with Gasteiger partial charge in [0.1, 0.15) is 6.61 Å². The lowest BCUT2D eigenvalue weighted by Gasteiger charge is -2.05. The summed E-state index contributed by atoms with van der Waals surface area (Å²) < 4.78 is 31.1. The number of rotatable bonds is 5. The van der Waals surface area contributed by atoms with Gasteiger partial charge in [-0.15, -0.1) is 11.3 Å². The van der Waals surface area contributed by atoms with Gasteiger partial charge in [-0.3, -0.25) is 0 Å². The highest BCUT2D eigenvalue weighted by Gasteiger charge is 2.18. The van der Waals surface area contributed by atoms with Crippen molar-refractivity contribution in [3.05, 3.63) is 14.7 Å². The first-order valence-electron chi connectivity index (χ1n) is 4.51. The van der Waals surface area contributed by atoms with Gasteiger partial charge in [-0.2, -0.15) is 0 Å². The third-order valence-corrected chi connectivity index (χ3v) is 5.04. The lowest BCUT2D eigenvalue weighted by atomic mass is 10.5. The van der Waals surface area contributed by atoms with Crippen molar-refractivity contribution in [2.45, 2.75) is 11.8 Å². The Balaban J connectivity index is 2.63. The van der Waals surface area contributed by atoms with Crippen LogP contribution in [0.5, 0.6) is 0 Å². The van der Waals surface area contributed by atoms with Crippen LogP contribution in [0.4, 0.5) is 4.79 Å². The van der Waals surface area contributed by atoms with E-state index < -0.39 is 16.1 Å². The highest BCUT2D eigenvalue weighted by molar-refractivity contribution is 9.11. The number of thiophene rings is 1. The fourth-order valence-corrected chi connectivity index (χ4v) is 4.53. The van der Waals surface area contributed by atoms with Gasteiger partial charge in [0, 0.05) is 11.4 Å². The Bertz CT molecular complexity index is 512. The van der Waals surface area contributed by atoms with Crippen molar-refractivity contribution < 1.29 is 17.9 Å². The summed E-state index contributed by atoms with van der Waals surface area (Å²) in [6.07, 6.45) is -0.932. The highest BCUT2D eigenvalue weighted by atomic mass is 79.9. The van der Waals surface area contributed by atoms with Crippen LogP contribution in [-0.4, -0.2) is 27.7 Å². The van der Waals surface area contributed by atoms with Crippen molar-refractivity contribution in [3.8, 4) is 0 Å². The highest BCUT2D eigenvalue weighted by Crippen LogP contribution is 2.29. The molecule has 96 valence electrons. The molecule has 0 saturated heterocycles. The maximum atomic E-state index is 11.8. The number of nitrogens with two attached hydrogens (primary N) is 1. The Morgan fingerprint density at radius 2 is 2.29 bits per heavy atom. The third kappa shape index (κ3) is 4.26. The van der Waals surface area contributed by atoms with Crippen LogP contribution in [0.1, 0.15) is 4.88 Å². The molecular weight excluding hydrogens is 332 g/mol. The molecule has 9 heteroatoms. The van der Waals surface area contributed by atoms with Crippen LogP contribution in [0.2, 0.25) is 0 Å². The molecule has 0 aliphatic carbocycles. The van der Waals surface area contributed by atoms with E-state index in [-0.39, 0.29) is 18.0 Å². The monoisotopic (exact) mass is 342 g/mol. The lowest BCUT2D eigenvalue weighted by molar-refractivity contribution is 0.159. The second kappa shape index (κ2) is 5.80. The fraction of sp³-hybridized carbons (Fsp3) is 0.375. The number of sulfonamides is 1. The normalized spacial score (nSPS) is 11.4. The van der Waals surface area contributed by atoms with Crippen molar-refractivity contribution in [2.75, 3.05) is 13.2 Å². The summed E-state index contributed by atoms with van der Waals surface area (Å²) in [6, 6.07) is 1.53. The summed E-state index contributed by atoms with van der Waals surface area (Å²) in [5.41, 5.74) is 4.74. The van der Waals surface area contributed by atoms with Crippen LogP contribution >= 0.6 is 27.3 Å². The Morgan fingerprint density at radius 1 is 1.65 bits per heavy atom. The first-order chi connectivity index (χ1) is 7.83. The van der Waals surface area contributed by atoms with Gasteiger partial charge < -0.3 is 10.5 Å². The maximum absolute atomic E-state index is 11.8. The number of carbonyl (C=O) groups is 1. The van der Waals surface area contributed by atoms with Crippen LogP contribution in [0.25, 0.3) is 0 Å². The Hall–Kier alpha value is -0.640. The van der Waals surface area contributed by atoms with E-state index in [1.54, 1.807) is 6.92 Å². The second-order valence-electron chi connectivity index (χ2n) is 3.04. The average molecular weight is 343 g/mol. The van der Waals surface area contributed by atoms with Crippen molar-refractivity contribution in [1.82, 2.24) is 4.72 Å². The molecular formula is C8H11BrN2O4S2. The predicted octanol–water partition coefficient (Wildman–Crippen LogP) is 1.19. The van der Waals surface area contributed by atoms with Crippen LogP contribution in [0, 0.1) is 6.92 Å². The standard InChI is InChI=1S/C8H11BrN2O4S2/c1-5-6(4-7(9)16-5)17(13,14)11-2-3-15-8(10)12/h4,11H,2-3H2,1H3,(H2,10,12). The molecule has 1 rings (SSSR count). The zero-order valence-electron chi connectivity index (χ0n) is 8.90. The largest absolute Gasteiger partial charge is 0.448 e. The van der Waals surface area contributed by atoms with Gasteiger partial charge in [0.25, 0.3) is 0 Å². The maximum Gasteiger partial charge on any atom is 0.404 e. The lowest BCUT2D eigenvalue weighted by Crippen LogP contribution is -2.29. The summed E-state index contributed by atoms with van der Waals surface area (Å²) in [7, 11) is -3.57. The summed E-state index contributed by atoms with van der Waals surface area (Å²) in [5, 5.41) is 0. The van der Waals surface area contributed by atoms with Gasteiger partial charge in [0.05, 0.1) is 8.68 Å². The Kier molecular flexibility index (Phi) is 4.92. The molecule has 0 aliphatic rings. The van der Waals surface area contributed by atoms with Crippen molar-refractivity contribution >= 4 is 43.4 Å². The molecule has 0 atom stereocenters. The second-order valence-corrected chi connectivity index (χ2v) is 7.41. The van der Waals surface area contributed by atoms with Crippen LogP contribution in [-0.2, 0) is 14.8 Å². The number of hydrogen-bond donors (Lipinski definition) is 2. The van der Waals surface area contributed by atoms with E-state index in [1.165, 1.54) is 17.4 Å². The van der Waals surface area contributed by atoms with Gasteiger partial charge in [0.2, 0.25) is 10.0 Å². The summed E-state index contributed by atoms with van der Waals surface area (Å²) in [5.74, 6) is 0. The van der Waals surface area contributed by atoms with E-state index >= 15 is 0 Å². The third-order valence-electron chi connectivity index (χ3n) is 1.77. The van der Waals surface area contributed by atoms with E-state index in [0.29, 0.717) is 4.88 Å². The van der Waals surface area contributed by atoms with E-state index in [9.17, 15) is 13.2 Å². The Labute approximate surface area is 111 Å². The summed E-state index contributed by atoms with van der Waals surface area (Å²) in [4.78, 5) is 11.2. The van der Waals surface area contributed by atoms with Gasteiger partial charge in [-0.25, -0.2) is 17.9 Å². The van der Waals surface area contributed by atoms with Gasteiger partial charge in [0.15, 0.2) is 0 Å². The van der Waals surface area contributed by atoms with Gasteiger partial charge in [-0.1, -0.05) is 0 Å². The van der Waals surface area contributed by atoms with Crippen LogP contribution in [0.15, 0.2) is 14.7 Å². The molecule has 0 spiro atoms. The molecule has 17 heavy (non-hydrogen) atoms. The topological polar surface area (TPSA) is 98.5 Å². The SMILES string of the molecule is Cc1sc(Br)cc1S(=O)(=O)NCCOC(N)=O. The number of amides is 1. The average Bonchev–Trinajstić information content (AvgIpc) is 2.53. The predicted molar refractivity (Wildman–Crippen MR) is 67.5 cm³/mol. The van der Waals surface area contributed by atoms with Gasteiger partial charge >= 0.3 is 6.09 Å². The number of ether oxygens (including phenoxy) is 1. The van der Waals surface area contributed by atoms with Crippen LogP contribution in [0.3, 0.4) is 0 Å². The minimum Gasteiger partial charge on any atom is -0.448 e. The minimum atomic E-state index is -3.57. The van der Waals surface area contributed by atoms with Crippen molar-refractivity contribution in [2.24, 2.45) is 5.73 Å². The Morgan fingerprint density at radius 3 is 2.76 bits per heavy atom. The quantitative estimate of drug-likeness (QED) is 0.785. The summed E-state index contributed by atoms with van der Waals surface area (Å²) >= 11 is 4.55. The first kappa shape index (κ1) is 14.4. The van der Waals surface area contributed by atoms with Crippen LogP contribution < -0.4 is 10.5 Å². The molecule has 1 aromatic heterocycles. The molecule has 0 aromatic carbocycles. The number of aryl methyl sites for hydroxylation is 1. The number of carbonyl (C=O) groups excluding carboxylic acids is 1. The van der Waals surface area contributed by atoms with Crippen molar-refractivity contribution in [3.63, 3.8) is 0 Å². The zero-order valence-corrected chi connectivity index (χ0v) is 12.1. The molecule has 3 N–H and O–H groups in total. The number of hydrogen-bond acceptors (Lipinski definition) is 5. The zero-order chi connectivity index (χ0) is 13.1. The molecule has 1 amide bonds. The smallest absolute Gasteiger partial charge is 0.404 e. The van der Waals surface area contributed by atoms with E-state index in [2.05, 4.69) is 25.4 Å². The van der Waals surface area contributed by atoms with E-state index in [1.807, 2.05) is 0 Å². The molecule has 0 fully saturated rings. The van der Waals surface area contributed by atoms with E-state index in [0.717, 1.165) is 3.79 Å². The van der Waals surface area contributed by atoms with Gasteiger partial charge in [-0.05, 0) is 28.9 Å². The summed E-state index contributed by atoms with van der Waals surface area (Å²) in [6.45, 7) is 1.60. The molecule has 1 aromatic rings. The van der Waals surface area contributed by atoms with E-state index in [4.69, 9.17) is 5.73 Å². The van der Waals surface area contributed by atoms with Crippen molar-refractivity contribution in [1.29, 1.82) is 0 Å². The molecule has 6 nitrogen and oxygen atoms in total. The molecule has 0 unspecified atom stereocenters. The number of halogens is 1. The molecule has 1 heterocycles. The number of nitrogens with one attached hydrogen (secondary N) is 1. The number of primary amides is 1. The minimum absolute atomic E-state index is 0.0157. The fourth-order valence-electron chi connectivity index (χ4n) is 1.10.